The van der Waals surface area contributed by atoms with Crippen LogP contribution in [0.15, 0.2) is 83.4 Å². The van der Waals surface area contributed by atoms with Crippen LogP contribution in [0.5, 0.6) is 5.75 Å². The first kappa shape index (κ1) is 18.7. The summed E-state index contributed by atoms with van der Waals surface area (Å²) in [6.07, 6.45) is 0. The molecule has 0 saturated heterocycles. The second-order valence-corrected chi connectivity index (χ2v) is 6.56. The molecule has 4 rings (SSSR count). The Morgan fingerprint density at radius 1 is 0.897 bits per heavy atom. The maximum atomic E-state index is 13.1. The third kappa shape index (κ3) is 4.60. The number of anilines is 1. The minimum atomic E-state index is -0.300. The van der Waals surface area contributed by atoms with Crippen LogP contribution >= 0.6 is 0 Å². The number of methoxy groups -OCH3 is 1. The average Bonchev–Trinajstić information content (AvgIpc) is 3.23. The number of ether oxygens (including phenoxy) is 1. The second kappa shape index (κ2) is 8.56. The van der Waals surface area contributed by atoms with Gasteiger partial charge in [0.25, 0.3) is 0 Å². The largest absolute Gasteiger partial charge is 0.497 e. The van der Waals surface area contributed by atoms with E-state index in [-0.39, 0.29) is 5.82 Å². The van der Waals surface area contributed by atoms with E-state index in [0.717, 1.165) is 11.4 Å². The average molecular weight is 389 g/mol. The molecule has 0 aliphatic carbocycles. The molecule has 1 heterocycles. The molecule has 0 unspecified atom stereocenters. The minimum absolute atomic E-state index is 0.300. The normalized spacial score (nSPS) is 10.7. The zero-order chi connectivity index (χ0) is 20.1. The molecule has 6 heteroatoms. The van der Waals surface area contributed by atoms with Gasteiger partial charge in [-0.25, -0.2) is 4.39 Å². The van der Waals surface area contributed by atoms with Crippen LogP contribution in [-0.4, -0.2) is 17.3 Å². The molecule has 0 atom stereocenters. The number of rotatable bonds is 7. The molecule has 5 nitrogen and oxygen atoms in total. The summed E-state index contributed by atoms with van der Waals surface area (Å²) in [5, 5.41) is 4.04. The van der Waals surface area contributed by atoms with Crippen LogP contribution in [0.1, 0.15) is 11.5 Å². The molecule has 0 bridgehead atoms. The van der Waals surface area contributed by atoms with Gasteiger partial charge in [0.1, 0.15) is 11.6 Å². The van der Waals surface area contributed by atoms with Crippen molar-refractivity contribution in [2.45, 2.75) is 13.1 Å². The van der Waals surface area contributed by atoms with E-state index >= 15 is 0 Å². The standard InChI is InChI=1S/C23H20FN3O2/c1-28-21-13-11-20(12-14-21)27(15-17-5-3-2-4-6-17)16-22-25-23(26-29-22)18-7-9-19(24)10-8-18/h2-14H,15-16H2,1H3. The molecule has 0 fully saturated rings. The molecule has 0 radical (unpaired) electrons. The fourth-order valence-corrected chi connectivity index (χ4v) is 3.03. The SMILES string of the molecule is COc1ccc(N(Cc2ccccc2)Cc2nc(-c3ccc(F)cc3)no2)cc1. The highest BCUT2D eigenvalue weighted by Gasteiger charge is 2.15. The lowest BCUT2D eigenvalue weighted by atomic mass is 10.2. The number of halogens is 1. The summed E-state index contributed by atoms with van der Waals surface area (Å²) in [7, 11) is 1.65. The van der Waals surface area contributed by atoms with Crippen molar-refractivity contribution in [2.75, 3.05) is 12.0 Å². The topological polar surface area (TPSA) is 51.4 Å². The summed E-state index contributed by atoms with van der Waals surface area (Å²) in [4.78, 5) is 6.63. The Hall–Kier alpha value is -3.67. The predicted octanol–water partition coefficient (Wildman–Crippen LogP) is 5.09. The van der Waals surface area contributed by atoms with Crippen molar-refractivity contribution in [2.24, 2.45) is 0 Å². The molecule has 4 aromatic rings. The molecular weight excluding hydrogens is 369 g/mol. The van der Waals surface area contributed by atoms with E-state index in [1.54, 1.807) is 19.2 Å². The minimum Gasteiger partial charge on any atom is -0.497 e. The van der Waals surface area contributed by atoms with Crippen LogP contribution in [0.3, 0.4) is 0 Å². The van der Waals surface area contributed by atoms with Gasteiger partial charge in [0, 0.05) is 17.8 Å². The van der Waals surface area contributed by atoms with Gasteiger partial charge in [0.2, 0.25) is 11.7 Å². The molecule has 146 valence electrons. The lowest BCUT2D eigenvalue weighted by Gasteiger charge is -2.23. The zero-order valence-electron chi connectivity index (χ0n) is 16.0. The molecule has 3 aromatic carbocycles. The molecule has 0 amide bonds. The lowest BCUT2D eigenvalue weighted by Crippen LogP contribution is -2.22. The van der Waals surface area contributed by atoms with E-state index in [9.17, 15) is 4.39 Å². The van der Waals surface area contributed by atoms with Gasteiger partial charge in [-0.2, -0.15) is 4.98 Å². The smallest absolute Gasteiger partial charge is 0.246 e. The van der Waals surface area contributed by atoms with Crippen molar-refractivity contribution in [3.63, 3.8) is 0 Å². The van der Waals surface area contributed by atoms with E-state index in [1.807, 2.05) is 42.5 Å². The summed E-state index contributed by atoms with van der Waals surface area (Å²) in [5.74, 6) is 1.42. The highest BCUT2D eigenvalue weighted by molar-refractivity contribution is 5.54. The number of hydrogen-bond donors (Lipinski definition) is 0. The Morgan fingerprint density at radius 3 is 2.31 bits per heavy atom. The molecule has 0 aliphatic heterocycles. The first-order chi connectivity index (χ1) is 14.2. The molecule has 0 aliphatic rings. The summed E-state index contributed by atoms with van der Waals surface area (Å²) in [6, 6.07) is 24.0. The lowest BCUT2D eigenvalue weighted by molar-refractivity contribution is 0.376. The molecule has 29 heavy (non-hydrogen) atoms. The third-order valence-corrected chi connectivity index (χ3v) is 4.55. The Balaban J connectivity index is 1.58. The fourth-order valence-electron chi connectivity index (χ4n) is 3.03. The van der Waals surface area contributed by atoms with Gasteiger partial charge >= 0.3 is 0 Å². The molecule has 0 spiro atoms. The Bertz CT molecular complexity index is 1050. The summed E-state index contributed by atoms with van der Waals surface area (Å²) >= 11 is 0. The van der Waals surface area contributed by atoms with Crippen LogP contribution in [0, 0.1) is 5.82 Å². The highest BCUT2D eigenvalue weighted by atomic mass is 19.1. The fraction of sp³-hybridized carbons (Fsp3) is 0.130. The Labute approximate surface area is 168 Å². The number of hydrogen-bond acceptors (Lipinski definition) is 5. The summed E-state index contributed by atoms with van der Waals surface area (Å²) < 4.78 is 23.9. The van der Waals surface area contributed by atoms with E-state index in [0.29, 0.717) is 30.4 Å². The summed E-state index contributed by atoms with van der Waals surface area (Å²) in [6.45, 7) is 1.12. The van der Waals surface area contributed by atoms with Gasteiger partial charge in [-0.15, -0.1) is 0 Å². The highest BCUT2D eigenvalue weighted by Crippen LogP contribution is 2.24. The number of benzene rings is 3. The quantitative estimate of drug-likeness (QED) is 0.441. The van der Waals surface area contributed by atoms with Gasteiger partial charge in [0.05, 0.1) is 13.7 Å². The summed E-state index contributed by atoms with van der Waals surface area (Å²) in [5.41, 5.74) is 2.89. The van der Waals surface area contributed by atoms with Crippen molar-refractivity contribution >= 4 is 5.69 Å². The second-order valence-electron chi connectivity index (χ2n) is 6.56. The maximum absolute atomic E-state index is 13.1. The van der Waals surface area contributed by atoms with Crippen LogP contribution < -0.4 is 9.64 Å². The van der Waals surface area contributed by atoms with Crippen LogP contribution in [-0.2, 0) is 13.1 Å². The van der Waals surface area contributed by atoms with E-state index in [1.165, 1.54) is 17.7 Å². The monoisotopic (exact) mass is 389 g/mol. The van der Waals surface area contributed by atoms with E-state index in [4.69, 9.17) is 9.26 Å². The van der Waals surface area contributed by atoms with Gasteiger partial charge in [-0.3, -0.25) is 0 Å². The molecule has 1 aromatic heterocycles. The zero-order valence-corrected chi connectivity index (χ0v) is 16.0. The van der Waals surface area contributed by atoms with Crippen molar-refractivity contribution in [3.8, 4) is 17.1 Å². The van der Waals surface area contributed by atoms with E-state index < -0.39 is 0 Å². The van der Waals surface area contributed by atoms with Gasteiger partial charge in [-0.05, 0) is 54.1 Å². The van der Waals surface area contributed by atoms with Gasteiger partial charge in [0.15, 0.2) is 0 Å². The van der Waals surface area contributed by atoms with Gasteiger partial charge in [-0.1, -0.05) is 35.5 Å². The third-order valence-electron chi connectivity index (χ3n) is 4.55. The van der Waals surface area contributed by atoms with Crippen LogP contribution in [0.2, 0.25) is 0 Å². The van der Waals surface area contributed by atoms with Gasteiger partial charge < -0.3 is 14.2 Å². The predicted molar refractivity (Wildman–Crippen MR) is 109 cm³/mol. The van der Waals surface area contributed by atoms with Crippen molar-refractivity contribution in [1.29, 1.82) is 0 Å². The Kier molecular flexibility index (Phi) is 5.52. The van der Waals surface area contributed by atoms with Crippen molar-refractivity contribution in [1.82, 2.24) is 10.1 Å². The number of aromatic nitrogens is 2. The first-order valence-electron chi connectivity index (χ1n) is 9.23. The van der Waals surface area contributed by atoms with Crippen molar-refractivity contribution < 1.29 is 13.7 Å². The Morgan fingerprint density at radius 2 is 1.62 bits per heavy atom. The van der Waals surface area contributed by atoms with Crippen LogP contribution in [0.25, 0.3) is 11.4 Å². The maximum Gasteiger partial charge on any atom is 0.246 e. The molecule has 0 saturated carbocycles. The number of nitrogens with zero attached hydrogens (tertiary/aromatic N) is 3. The van der Waals surface area contributed by atoms with Crippen LogP contribution in [0.4, 0.5) is 10.1 Å². The van der Waals surface area contributed by atoms with E-state index in [2.05, 4.69) is 27.2 Å². The first-order valence-corrected chi connectivity index (χ1v) is 9.23. The van der Waals surface area contributed by atoms with Crippen molar-refractivity contribution in [3.05, 3.63) is 96.1 Å². The molecule has 0 N–H and O–H groups in total. The molecular formula is C23H20FN3O2.